The maximum Gasteiger partial charge on any atom is 0.251 e. The standard InChI is InChI=1S/C21H30N3O2/c1-26-21-11-8-20(9-12-21,10-13-21)18-6-4-17(5-7-18)19(25)24-15-3-2-14-23-16-22/h4-7,15-16H,2-3,8-14H2,1H3,(H2,22,23)(H,24,25). The molecule has 5 heteroatoms. The summed E-state index contributed by atoms with van der Waals surface area (Å²) in [6, 6.07) is 8.20. The first-order valence-electron chi connectivity index (χ1n) is 9.64. The minimum atomic E-state index is -0.0558. The van der Waals surface area contributed by atoms with Crippen molar-refractivity contribution in [2.75, 3.05) is 13.7 Å². The Balaban J connectivity index is 1.52. The van der Waals surface area contributed by atoms with Crippen molar-refractivity contribution in [3.8, 4) is 0 Å². The van der Waals surface area contributed by atoms with Gasteiger partial charge in [0.15, 0.2) is 0 Å². The van der Waals surface area contributed by atoms with Crippen molar-refractivity contribution in [3.05, 3.63) is 41.9 Å². The molecule has 0 aliphatic heterocycles. The highest BCUT2D eigenvalue weighted by Crippen LogP contribution is 2.54. The van der Waals surface area contributed by atoms with Crippen molar-refractivity contribution in [2.45, 2.75) is 62.4 Å². The molecule has 1 amide bonds. The van der Waals surface area contributed by atoms with Crippen LogP contribution in [0.3, 0.4) is 0 Å². The largest absolute Gasteiger partial charge is 0.378 e. The van der Waals surface area contributed by atoms with E-state index >= 15 is 0 Å². The number of rotatable bonds is 9. The zero-order chi connectivity index (χ0) is 18.5. The van der Waals surface area contributed by atoms with Gasteiger partial charge in [0.05, 0.1) is 11.9 Å². The second kappa shape index (κ2) is 8.21. The van der Waals surface area contributed by atoms with Gasteiger partial charge < -0.3 is 15.4 Å². The van der Waals surface area contributed by atoms with Gasteiger partial charge >= 0.3 is 0 Å². The zero-order valence-corrected chi connectivity index (χ0v) is 15.6. The van der Waals surface area contributed by atoms with Gasteiger partial charge in [-0.05, 0) is 74.5 Å². The Morgan fingerprint density at radius 2 is 1.81 bits per heavy atom. The summed E-state index contributed by atoms with van der Waals surface area (Å²) in [5.41, 5.74) is 2.49. The number of unbranched alkanes of at least 4 members (excludes halogenated alkanes) is 1. The molecule has 1 aromatic carbocycles. The Bertz CT molecular complexity index is 602. The monoisotopic (exact) mass is 356 g/mol. The quantitative estimate of drug-likeness (QED) is 0.360. The maximum absolute atomic E-state index is 12.2. The average molecular weight is 356 g/mol. The lowest BCUT2D eigenvalue weighted by molar-refractivity contribution is -0.0955. The molecule has 2 bridgehead atoms. The number of ether oxygens (including phenoxy) is 1. The van der Waals surface area contributed by atoms with Crippen LogP contribution in [0.1, 0.15) is 67.3 Å². The van der Waals surface area contributed by atoms with Gasteiger partial charge in [-0.3, -0.25) is 10.2 Å². The highest BCUT2D eigenvalue weighted by Gasteiger charge is 2.49. The molecule has 0 heterocycles. The van der Waals surface area contributed by atoms with E-state index in [1.165, 1.54) is 31.2 Å². The third-order valence-corrected chi connectivity index (χ3v) is 6.37. The van der Waals surface area contributed by atoms with E-state index in [9.17, 15) is 4.79 Å². The number of carbonyl (C=O) groups is 1. The molecule has 0 atom stereocenters. The smallest absolute Gasteiger partial charge is 0.251 e. The number of amides is 1. The lowest BCUT2D eigenvalue weighted by Crippen LogP contribution is -2.49. The van der Waals surface area contributed by atoms with Gasteiger partial charge in [-0.2, -0.15) is 0 Å². The lowest BCUT2D eigenvalue weighted by Gasteiger charge is -2.53. The van der Waals surface area contributed by atoms with Crippen LogP contribution in [0.2, 0.25) is 0 Å². The highest BCUT2D eigenvalue weighted by molar-refractivity contribution is 5.94. The van der Waals surface area contributed by atoms with Crippen LogP contribution in [0.15, 0.2) is 24.3 Å². The fourth-order valence-electron chi connectivity index (χ4n) is 4.49. The van der Waals surface area contributed by atoms with Gasteiger partial charge in [0.1, 0.15) is 0 Å². The van der Waals surface area contributed by atoms with Crippen LogP contribution in [0, 0.1) is 12.0 Å². The second-order valence-corrected chi connectivity index (χ2v) is 7.66. The van der Waals surface area contributed by atoms with E-state index < -0.39 is 0 Å². The Labute approximate surface area is 156 Å². The van der Waals surface area contributed by atoms with Crippen molar-refractivity contribution in [2.24, 2.45) is 0 Å². The highest BCUT2D eigenvalue weighted by atomic mass is 16.5. The Kier molecular flexibility index (Phi) is 5.97. The summed E-state index contributed by atoms with van der Waals surface area (Å²) in [5.74, 6) is -0.0558. The molecule has 0 aromatic heterocycles. The molecular weight excluding hydrogens is 326 g/mol. The number of carbonyl (C=O) groups excluding carboxylic acids is 1. The molecule has 3 fully saturated rings. The van der Waals surface area contributed by atoms with Crippen LogP contribution in [0.25, 0.3) is 0 Å². The SMILES string of the molecule is COC12CCC(c3ccc(C(=O)N[CH]CCCNC=N)cc3)(CC1)CC2. The molecule has 4 rings (SSSR count). The van der Waals surface area contributed by atoms with Crippen molar-refractivity contribution in [1.29, 1.82) is 5.41 Å². The zero-order valence-electron chi connectivity index (χ0n) is 15.6. The molecule has 3 saturated carbocycles. The first kappa shape index (κ1) is 18.9. The molecular formula is C21H30N3O2. The number of benzene rings is 1. The van der Waals surface area contributed by atoms with Crippen molar-refractivity contribution in [1.82, 2.24) is 10.6 Å². The summed E-state index contributed by atoms with van der Waals surface area (Å²) >= 11 is 0. The average Bonchev–Trinajstić information content (AvgIpc) is 2.72. The van der Waals surface area contributed by atoms with Crippen LogP contribution in [-0.2, 0) is 10.2 Å². The van der Waals surface area contributed by atoms with E-state index in [1.54, 1.807) is 6.54 Å². The predicted molar refractivity (Wildman–Crippen MR) is 103 cm³/mol. The molecule has 1 aromatic rings. The summed E-state index contributed by atoms with van der Waals surface area (Å²) in [7, 11) is 1.85. The molecule has 141 valence electrons. The molecule has 3 N–H and O–H groups in total. The second-order valence-electron chi connectivity index (χ2n) is 7.66. The molecule has 0 spiro atoms. The predicted octanol–water partition coefficient (Wildman–Crippen LogP) is 3.55. The lowest BCUT2D eigenvalue weighted by atomic mass is 9.56. The minimum Gasteiger partial charge on any atom is -0.378 e. The van der Waals surface area contributed by atoms with Crippen molar-refractivity contribution in [3.63, 3.8) is 0 Å². The molecule has 0 unspecified atom stereocenters. The van der Waals surface area contributed by atoms with Crippen LogP contribution in [0.5, 0.6) is 0 Å². The van der Waals surface area contributed by atoms with Crippen LogP contribution in [-0.4, -0.2) is 31.5 Å². The molecule has 5 nitrogen and oxygen atoms in total. The van der Waals surface area contributed by atoms with Crippen LogP contribution < -0.4 is 10.6 Å². The van der Waals surface area contributed by atoms with Gasteiger partial charge in [-0.15, -0.1) is 0 Å². The summed E-state index contributed by atoms with van der Waals surface area (Å²) in [5, 5.41) is 12.6. The number of fused-ring (bicyclic) bond motifs is 3. The van der Waals surface area contributed by atoms with Gasteiger partial charge in [0, 0.05) is 25.8 Å². The molecule has 3 aliphatic rings. The molecule has 1 radical (unpaired) electrons. The Morgan fingerprint density at radius 3 is 2.38 bits per heavy atom. The number of methoxy groups -OCH3 is 1. The van der Waals surface area contributed by atoms with Crippen LogP contribution >= 0.6 is 0 Å². The number of nitrogens with one attached hydrogen (secondary N) is 3. The summed E-state index contributed by atoms with van der Waals surface area (Å²) < 4.78 is 5.79. The van der Waals surface area contributed by atoms with E-state index in [0.717, 1.165) is 38.6 Å². The van der Waals surface area contributed by atoms with Crippen molar-refractivity contribution >= 4 is 12.2 Å². The molecule has 26 heavy (non-hydrogen) atoms. The van der Waals surface area contributed by atoms with Crippen molar-refractivity contribution < 1.29 is 9.53 Å². The molecule has 0 saturated heterocycles. The first-order valence-corrected chi connectivity index (χ1v) is 9.64. The van der Waals surface area contributed by atoms with Gasteiger partial charge in [-0.1, -0.05) is 12.1 Å². The minimum absolute atomic E-state index is 0.0558. The van der Waals surface area contributed by atoms with E-state index in [4.69, 9.17) is 10.1 Å². The van der Waals surface area contributed by atoms with E-state index in [0.29, 0.717) is 5.56 Å². The summed E-state index contributed by atoms with van der Waals surface area (Å²) in [4.78, 5) is 12.2. The number of hydrogen-bond acceptors (Lipinski definition) is 3. The van der Waals surface area contributed by atoms with E-state index in [1.807, 2.05) is 19.2 Å². The Morgan fingerprint density at radius 1 is 1.15 bits per heavy atom. The van der Waals surface area contributed by atoms with Gasteiger partial charge in [0.25, 0.3) is 5.91 Å². The maximum atomic E-state index is 12.2. The van der Waals surface area contributed by atoms with E-state index in [2.05, 4.69) is 22.8 Å². The third kappa shape index (κ3) is 3.93. The third-order valence-electron chi connectivity index (χ3n) is 6.37. The summed E-state index contributed by atoms with van der Waals surface area (Å²) in [6.45, 7) is 2.55. The Hall–Kier alpha value is -1.88. The topological polar surface area (TPSA) is 74.2 Å². The number of hydrogen-bond donors (Lipinski definition) is 3. The fraction of sp³-hybridized carbons (Fsp3) is 0.571. The normalized spacial score (nSPS) is 27.1. The van der Waals surface area contributed by atoms with Gasteiger partial charge in [-0.25, -0.2) is 0 Å². The van der Waals surface area contributed by atoms with Gasteiger partial charge in [0.2, 0.25) is 0 Å². The summed E-state index contributed by atoms with van der Waals surface area (Å²) in [6.07, 6.45) is 9.86. The fourth-order valence-corrected chi connectivity index (χ4v) is 4.49. The first-order chi connectivity index (χ1) is 12.6. The van der Waals surface area contributed by atoms with Crippen LogP contribution in [0.4, 0.5) is 0 Å². The van der Waals surface area contributed by atoms with E-state index in [-0.39, 0.29) is 16.9 Å². The molecule has 3 aliphatic carbocycles.